The molecule has 0 spiro atoms. The van der Waals surface area contributed by atoms with Crippen LogP contribution in [-0.4, -0.2) is 30.7 Å². The minimum atomic E-state index is 0.449. The molecule has 3 heteroatoms. The molecule has 114 valence electrons. The van der Waals surface area contributed by atoms with E-state index in [4.69, 9.17) is 9.15 Å². The van der Waals surface area contributed by atoms with Crippen molar-refractivity contribution in [2.24, 2.45) is 5.92 Å². The van der Waals surface area contributed by atoms with Crippen molar-refractivity contribution in [1.29, 1.82) is 0 Å². The number of ether oxygens (including phenoxy) is 1. The summed E-state index contributed by atoms with van der Waals surface area (Å²) >= 11 is 0. The van der Waals surface area contributed by atoms with E-state index in [-0.39, 0.29) is 0 Å². The van der Waals surface area contributed by atoms with E-state index in [2.05, 4.69) is 30.9 Å². The summed E-state index contributed by atoms with van der Waals surface area (Å²) in [5.41, 5.74) is 2.29. The molecular formula is C18H25NO2. The summed E-state index contributed by atoms with van der Waals surface area (Å²) in [6.07, 6.45) is 4.64. The van der Waals surface area contributed by atoms with Crippen molar-refractivity contribution in [1.82, 2.24) is 4.90 Å². The van der Waals surface area contributed by atoms with E-state index in [1.807, 2.05) is 18.4 Å². The number of piperidine rings is 1. The molecule has 21 heavy (non-hydrogen) atoms. The van der Waals surface area contributed by atoms with Gasteiger partial charge >= 0.3 is 0 Å². The minimum absolute atomic E-state index is 0.449. The molecule has 1 fully saturated rings. The van der Waals surface area contributed by atoms with Gasteiger partial charge in [0.15, 0.2) is 0 Å². The summed E-state index contributed by atoms with van der Waals surface area (Å²) in [6, 6.07) is 8.28. The molecule has 0 unspecified atom stereocenters. The Morgan fingerprint density at radius 3 is 2.76 bits per heavy atom. The molecule has 2 heterocycles. The highest BCUT2D eigenvalue weighted by molar-refractivity contribution is 5.80. The Kier molecular flexibility index (Phi) is 4.61. The zero-order valence-corrected chi connectivity index (χ0v) is 13.0. The van der Waals surface area contributed by atoms with E-state index in [9.17, 15) is 0 Å². The van der Waals surface area contributed by atoms with E-state index in [0.29, 0.717) is 12.0 Å². The van der Waals surface area contributed by atoms with Crippen LogP contribution in [0.2, 0.25) is 0 Å². The van der Waals surface area contributed by atoms with Crippen molar-refractivity contribution in [3.63, 3.8) is 0 Å². The van der Waals surface area contributed by atoms with Gasteiger partial charge < -0.3 is 9.15 Å². The van der Waals surface area contributed by atoms with Gasteiger partial charge in [0, 0.05) is 37.2 Å². The third kappa shape index (κ3) is 3.66. The van der Waals surface area contributed by atoms with Gasteiger partial charge in [0.1, 0.15) is 5.58 Å². The highest BCUT2D eigenvalue weighted by Crippen LogP contribution is 2.24. The number of benzene rings is 1. The Morgan fingerprint density at radius 2 is 2.00 bits per heavy atom. The first-order valence-corrected chi connectivity index (χ1v) is 8.01. The molecule has 0 aliphatic carbocycles. The number of para-hydroxylation sites is 1. The van der Waals surface area contributed by atoms with Crippen LogP contribution in [0.15, 0.2) is 34.9 Å². The van der Waals surface area contributed by atoms with Crippen LogP contribution in [0, 0.1) is 5.92 Å². The van der Waals surface area contributed by atoms with Gasteiger partial charge in [-0.3, -0.25) is 4.90 Å². The smallest absolute Gasteiger partial charge is 0.134 e. The molecule has 1 aromatic carbocycles. The number of likely N-dealkylation sites (tertiary alicyclic amines) is 1. The van der Waals surface area contributed by atoms with Crippen molar-refractivity contribution in [3.05, 3.63) is 36.1 Å². The average Bonchev–Trinajstić information content (AvgIpc) is 2.90. The van der Waals surface area contributed by atoms with Gasteiger partial charge in [0.05, 0.1) is 12.4 Å². The van der Waals surface area contributed by atoms with Crippen LogP contribution in [0.25, 0.3) is 11.0 Å². The van der Waals surface area contributed by atoms with Crippen LogP contribution >= 0.6 is 0 Å². The number of nitrogens with zero attached hydrogens (tertiary/aromatic N) is 1. The molecule has 0 saturated carbocycles. The molecule has 3 rings (SSSR count). The summed E-state index contributed by atoms with van der Waals surface area (Å²) in [5.74, 6) is 0.625. The lowest BCUT2D eigenvalue weighted by Crippen LogP contribution is -2.36. The topological polar surface area (TPSA) is 25.6 Å². The SMILES string of the molecule is CC(C)COC1CCN(Cc2coc3ccccc23)CC1. The lowest BCUT2D eigenvalue weighted by molar-refractivity contribution is -0.00581. The Hall–Kier alpha value is -1.32. The summed E-state index contributed by atoms with van der Waals surface area (Å²) in [5, 5.41) is 1.25. The largest absolute Gasteiger partial charge is 0.464 e. The van der Waals surface area contributed by atoms with Gasteiger partial charge in [-0.15, -0.1) is 0 Å². The zero-order valence-electron chi connectivity index (χ0n) is 13.0. The van der Waals surface area contributed by atoms with Crippen LogP contribution in [-0.2, 0) is 11.3 Å². The average molecular weight is 287 g/mol. The summed E-state index contributed by atoms with van der Waals surface area (Å²) < 4.78 is 11.6. The monoisotopic (exact) mass is 287 g/mol. The Bertz CT molecular complexity index is 567. The van der Waals surface area contributed by atoms with E-state index < -0.39 is 0 Å². The molecule has 2 aromatic rings. The molecule has 0 amide bonds. The van der Waals surface area contributed by atoms with Gasteiger partial charge in [0.25, 0.3) is 0 Å². The summed E-state index contributed by atoms with van der Waals surface area (Å²) in [6.45, 7) is 8.51. The number of furan rings is 1. The minimum Gasteiger partial charge on any atom is -0.464 e. The number of hydrogen-bond acceptors (Lipinski definition) is 3. The van der Waals surface area contributed by atoms with Crippen molar-refractivity contribution < 1.29 is 9.15 Å². The van der Waals surface area contributed by atoms with Crippen molar-refractivity contribution >= 4 is 11.0 Å². The molecular weight excluding hydrogens is 262 g/mol. The predicted octanol–water partition coefficient (Wildman–Crippen LogP) is 4.07. The number of rotatable bonds is 5. The molecule has 0 atom stereocenters. The molecule has 1 aromatic heterocycles. The maximum atomic E-state index is 5.95. The fourth-order valence-electron chi connectivity index (χ4n) is 2.96. The highest BCUT2D eigenvalue weighted by atomic mass is 16.5. The van der Waals surface area contributed by atoms with E-state index in [1.165, 1.54) is 10.9 Å². The van der Waals surface area contributed by atoms with Crippen LogP contribution < -0.4 is 0 Å². The third-order valence-corrected chi connectivity index (χ3v) is 4.15. The van der Waals surface area contributed by atoms with Gasteiger partial charge in [-0.1, -0.05) is 32.0 Å². The third-order valence-electron chi connectivity index (χ3n) is 4.15. The van der Waals surface area contributed by atoms with E-state index >= 15 is 0 Å². The second-order valence-electron chi connectivity index (χ2n) is 6.46. The second-order valence-corrected chi connectivity index (χ2v) is 6.46. The van der Waals surface area contributed by atoms with Gasteiger partial charge in [-0.2, -0.15) is 0 Å². The van der Waals surface area contributed by atoms with Crippen LogP contribution in [0.1, 0.15) is 32.3 Å². The van der Waals surface area contributed by atoms with Gasteiger partial charge in [-0.05, 0) is 24.8 Å². The lowest BCUT2D eigenvalue weighted by Gasteiger charge is -2.32. The molecule has 1 aliphatic rings. The van der Waals surface area contributed by atoms with Crippen LogP contribution in [0.5, 0.6) is 0 Å². The number of hydrogen-bond donors (Lipinski definition) is 0. The number of fused-ring (bicyclic) bond motifs is 1. The molecule has 1 aliphatic heterocycles. The second kappa shape index (κ2) is 6.63. The maximum absolute atomic E-state index is 5.95. The van der Waals surface area contributed by atoms with Gasteiger partial charge in [0.2, 0.25) is 0 Å². The van der Waals surface area contributed by atoms with Crippen molar-refractivity contribution in [2.45, 2.75) is 39.3 Å². The van der Waals surface area contributed by atoms with Gasteiger partial charge in [-0.25, -0.2) is 0 Å². The Labute approximate surface area is 126 Å². The Balaban J connectivity index is 1.53. The molecule has 3 nitrogen and oxygen atoms in total. The predicted molar refractivity (Wildman–Crippen MR) is 85.3 cm³/mol. The van der Waals surface area contributed by atoms with Crippen LogP contribution in [0.4, 0.5) is 0 Å². The van der Waals surface area contributed by atoms with E-state index in [0.717, 1.165) is 44.7 Å². The first-order valence-electron chi connectivity index (χ1n) is 8.01. The first kappa shape index (κ1) is 14.6. The molecule has 1 saturated heterocycles. The molecule has 0 radical (unpaired) electrons. The summed E-state index contributed by atoms with van der Waals surface area (Å²) in [7, 11) is 0. The highest BCUT2D eigenvalue weighted by Gasteiger charge is 2.20. The molecule has 0 bridgehead atoms. The van der Waals surface area contributed by atoms with Crippen molar-refractivity contribution in [3.8, 4) is 0 Å². The molecule has 0 N–H and O–H groups in total. The maximum Gasteiger partial charge on any atom is 0.134 e. The lowest BCUT2D eigenvalue weighted by atomic mass is 10.1. The zero-order chi connectivity index (χ0) is 14.7. The fraction of sp³-hybridized carbons (Fsp3) is 0.556. The van der Waals surface area contributed by atoms with Crippen molar-refractivity contribution in [2.75, 3.05) is 19.7 Å². The summed E-state index contributed by atoms with van der Waals surface area (Å²) in [4.78, 5) is 2.51. The fourth-order valence-corrected chi connectivity index (χ4v) is 2.96. The quantitative estimate of drug-likeness (QED) is 0.829. The first-order chi connectivity index (χ1) is 10.2. The van der Waals surface area contributed by atoms with Crippen LogP contribution in [0.3, 0.4) is 0 Å². The normalized spacial score (nSPS) is 17.9. The Morgan fingerprint density at radius 1 is 1.24 bits per heavy atom. The standard InChI is InChI=1S/C18H25NO2/c1-14(2)12-20-16-7-9-19(10-8-16)11-15-13-21-18-6-4-3-5-17(15)18/h3-6,13-14,16H,7-12H2,1-2H3. The van der Waals surface area contributed by atoms with E-state index in [1.54, 1.807) is 0 Å².